The molecule has 1 rings (SSSR count). The standard InChI is InChI=1S/C13H18ClFO3/c1-17-6-7-18-5-4-11(16)8-10-2-3-12(14)13(15)9-10/h2-3,9,11,16H,4-8H2,1H3. The highest BCUT2D eigenvalue weighted by Crippen LogP contribution is 2.17. The molecule has 0 radical (unpaired) electrons. The normalized spacial score (nSPS) is 12.7. The molecular formula is C13H18ClFO3. The Morgan fingerprint density at radius 3 is 2.78 bits per heavy atom. The molecule has 0 bridgehead atoms. The highest BCUT2D eigenvalue weighted by atomic mass is 35.5. The minimum absolute atomic E-state index is 0.0936. The Kier molecular flexibility index (Phi) is 7.20. The number of hydrogen-bond acceptors (Lipinski definition) is 3. The Morgan fingerprint density at radius 1 is 1.33 bits per heavy atom. The van der Waals surface area contributed by atoms with Gasteiger partial charge in [-0.25, -0.2) is 4.39 Å². The van der Waals surface area contributed by atoms with Crippen LogP contribution in [0, 0.1) is 5.82 Å². The first-order valence-electron chi connectivity index (χ1n) is 5.82. The molecule has 1 unspecified atom stereocenters. The van der Waals surface area contributed by atoms with Crippen LogP contribution in [-0.2, 0) is 15.9 Å². The van der Waals surface area contributed by atoms with Crippen LogP contribution in [0.3, 0.4) is 0 Å². The van der Waals surface area contributed by atoms with Gasteiger partial charge in [-0.2, -0.15) is 0 Å². The monoisotopic (exact) mass is 276 g/mol. The molecule has 1 aromatic carbocycles. The van der Waals surface area contributed by atoms with Crippen molar-refractivity contribution >= 4 is 11.6 Å². The van der Waals surface area contributed by atoms with E-state index in [0.29, 0.717) is 32.7 Å². The zero-order valence-corrected chi connectivity index (χ0v) is 11.1. The van der Waals surface area contributed by atoms with Gasteiger partial charge in [0.2, 0.25) is 0 Å². The lowest BCUT2D eigenvalue weighted by molar-refractivity contribution is 0.0479. The fraction of sp³-hybridized carbons (Fsp3) is 0.538. The molecule has 0 spiro atoms. The summed E-state index contributed by atoms with van der Waals surface area (Å²) in [5, 5.41) is 9.85. The van der Waals surface area contributed by atoms with E-state index in [1.54, 1.807) is 13.2 Å². The van der Waals surface area contributed by atoms with E-state index in [2.05, 4.69) is 0 Å². The van der Waals surface area contributed by atoms with Crippen LogP contribution in [0.2, 0.25) is 5.02 Å². The summed E-state index contributed by atoms with van der Waals surface area (Å²) in [6, 6.07) is 4.55. The summed E-state index contributed by atoms with van der Waals surface area (Å²) in [4.78, 5) is 0. The molecule has 0 saturated carbocycles. The van der Waals surface area contributed by atoms with Crippen molar-refractivity contribution < 1.29 is 19.0 Å². The van der Waals surface area contributed by atoms with Gasteiger partial charge in [0.05, 0.1) is 24.3 Å². The second-order valence-electron chi connectivity index (χ2n) is 4.00. The molecule has 102 valence electrons. The first kappa shape index (κ1) is 15.4. The van der Waals surface area contributed by atoms with E-state index in [-0.39, 0.29) is 5.02 Å². The number of rotatable bonds is 8. The number of halogens is 2. The number of aliphatic hydroxyl groups excluding tert-OH is 1. The van der Waals surface area contributed by atoms with Crippen LogP contribution >= 0.6 is 11.6 Å². The summed E-state index contributed by atoms with van der Waals surface area (Å²) in [6.45, 7) is 1.51. The Morgan fingerprint density at radius 2 is 2.11 bits per heavy atom. The largest absolute Gasteiger partial charge is 0.393 e. The van der Waals surface area contributed by atoms with Gasteiger partial charge in [-0.05, 0) is 30.5 Å². The van der Waals surface area contributed by atoms with Crippen LogP contribution in [0.15, 0.2) is 18.2 Å². The topological polar surface area (TPSA) is 38.7 Å². The molecule has 0 amide bonds. The molecule has 5 heteroatoms. The second-order valence-corrected chi connectivity index (χ2v) is 4.41. The van der Waals surface area contributed by atoms with Crippen LogP contribution in [0.4, 0.5) is 4.39 Å². The third kappa shape index (κ3) is 5.78. The van der Waals surface area contributed by atoms with Crippen molar-refractivity contribution in [1.82, 2.24) is 0 Å². The molecular weight excluding hydrogens is 259 g/mol. The summed E-state index contributed by atoms with van der Waals surface area (Å²) in [5.74, 6) is -0.460. The van der Waals surface area contributed by atoms with Gasteiger partial charge in [0, 0.05) is 13.7 Å². The van der Waals surface area contributed by atoms with Gasteiger partial charge in [-0.3, -0.25) is 0 Å². The van der Waals surface area contributed by atoms with E-state index in [0.717, 1.165) is 5.56 Å². The number of aliphatic hydroxyl groups is 1. The molecule has 1 aromatic rings. The van der Waals surface area contributed by atoms with Crippen LogP contribution < -0.4 is 0 Å². The van der Waals surface area contributed by atoms with Crippen molar-refractivity contribution in [3.63, 3.8) is 0 Å². The third-order valence-electron chi connectivity index (χ3n) is 2.48. The summed E-state index contributed by atoms with van der Waals surface area (Å²) in [5.41, 5.74) is 0.723. The molecule has 0 heterocycles. The van der Waals surface area contributed by atoms with Gasteiger partial charge < -0.3 is 14.6 Å². The predicted molar refractivity (Wildman–Crippen MR) is 68.4 cm³/mol. The number of methoxy groups -OCH3 is 1. The van der Waals surface area contributed by atoms with E-state index < -0.39 is 11.9 Å². The number of hydrogen-bond donors (Lipinski definition) is 1. The molecule has 18 heavy (non-hydrogen) atoms. The average Bonchev–Trinajstić information content (AvgIpc) is 2.34. The lowest BCUT2D eigenvalue weighted by atomic mass is 10.1. The van der Waals surface area contributed by atoms with Crippen molar-refractivity contribution in [2.24, 2.45) is 0 Å². The van der Waals surface area contributed by atoms with Gasteiger partial charge in [-0.15, -0.1) is 0 Å². The van der Waals surface area contributed by atoms with Crippen LogP contribution in [0.5, 0.6) is 0 Å². The Bertz CT molecular complexity index is 360. The summed E-state index contributed by atoms with van der Waals surface area (Å²) in [6.07, 6.45) is 0.350. The zero-order chi connectivity index (χ0) is 13.4. The summed E-state index contributed by atoms with van der Waals surface area (Å²) < 4.78 is 23.2. The number of ether oxygens (including phenoxy) is 2. The lowest BCUT2D eigenvalue weighted by Gasteiger charge is -2.11. The first-order valence-corrected chi connectivity index (χ1v) is 6.20. The first-order chi connectivity index (χ1) is 8.63. The van der Waals surface area contributed by atoms with E-state index in [9.17, 15) is 9.50 Å². The van der Waals surface area contributed by atoms with Crippen molar-refractivity contribution in [2.75, 3.05) is 26.9 Å². The Hall–Kier alpha value is -0.680. The maximum atomic E-state index is 13.2. The smallest absolute Gasteiger partial charge is 0.142 e. The van der Waals surface area contributed by atoms with E-state index in [1.165, 1.54) is 12.1 Å². The molecule has 0 aliphatic carbocycles. The van der Waals surface area contributed by atoms with Gasteiger partial charge in [0.25, 0.3) is 0 Å². The third-order valence-corrected chi connectivity index (χ3v) is 2.79. The molecule has 0 fully saturated rings. The van der Waals surface area contributed by atoms with E-state index in [1.807, 2.05) is 0 Å². The van der Waals surface area contributed by atoms with Crippen molar-refractivity contribution in [1.29, 1.82) is 0 Å². The molecule has 1 N–H and O–H groups in total. The maximum Gasteiger partial charge on any atom is 0.142 e. The Balaban J connectivity index is 2.26. The van der Waals surface area contributed by atoms with Crippen LogP contribution in [0.1, 0.15) is 12.0 Å². The van der Waals surface area contributed by atoms with Crippen LogP contribution in [0.25, 0.3) is 0 Å². The highest BCUT2D eigenvalue weighted by Gasteiger charge is 2.08. The second kappa shape index (κ2) is 8.43. The van der Waals surface area contributed by atoms with Crippen LogP contribution in [-0.4, -0.2) is 38.1 Å². The fourth-order valence-corrected chi connectivity index (χ4v) is 1.62. The lowest BCUT2D eigenvalue weighted by Crippen LogP contribution is -2.15. The minimum Gasteiger partial charge on any atom is -0.393 e. The number of benzene rings is 1. The molecule has 0 aliphatic rings. The maximum absolute atomic E-state index is 13.2. The molecule has 0 saturated heterocycles. The Labute approximate surface area is 111 Å². The van der Waals surface area contributed by atoms with E-state index >= 15 is 0 Å². The molecule has 0 aromatic heterocycles. The zero-order valence-electron chi connectivity index (χ0n) is 10.4. The van der Waals surface area contributed by atoms with Gasteiger partial charge in [0.1, 0.15) is 5.82 Å². The molecule has 3 nitrogen and oxygen atoms in total. The SMILES string of the molecule is COCCOCCC(O)Cc1ccc(Cl)c(F)c1. The van der Waals surface area contributed by atoms with Crippen molar-refractivity contribution in [3.8, 4) is 0 Å². The minimum atomic E-state index is -0.548. The summed E-state index contributed by atoms with van der Waals surface area (Å²) >= 11 is 5.58. The van der Waals surface area contributed by atoms with Gasteiger partial charge in [0.15, 0.2) is 0 Å². The summed E-state index contributed by atoms with van der Waals surface area (Å²) in [7, 11) is 1.60. The highest BCUT2D eigenvalue weighted by molar-refractivity contribution is 6.30. The molecule has 0 aliphatic heterocycles. The van der Waals surface area contributed by atoms with Crippen molar-refractivity contribution in [2.45, 2.75) is 18.9 Å². The fourth-order valence-electron chi connectivity index (χ4n) is 1.50. The van der Waals surface area contributed by atoms with Crippen molar-refractivity contribution in [3.05, 3.63) is 34.6 Å². The quantitative estimate of drug-likeness (QED) is 0.741. The average molecular weight is 277 g/mol. The van der Waals surface area contributed by atoms with Gasteiger partial charge in [-0.1, -0.05) is 17.7 Å². The molecule has 1 atom stereocenters. The van der Waals surface area contributed by atoms with Gasteiger partial charge >= 0.3 is 0 Å². The predicted octanol–water partition coefficient (Wildman–Crippen LogP) is 2.44. The van der Waals surface area contributed by atoms with E-state index in [4.69, 9.17) is 21.1 Å².